The molecule has 4 nitrogen and oxygen atoms in total. The van der Waals surface area contributed by atoms with Crippen LogP contribution in [-0.2, 0) is 13.6 Å². The van der Waals surface area contributed by atoms with Gasteiger partial charge in [-0.2, -0.15) is 0 Å². The van der Waals surface area contributed by atoms with E-state index in [1.54, 1.807) is 0 Å². The number of aromatic nitrogens is 1. The second-order valence-electron chi connectivity index (χ2n) is 8.55. The van der Waals surface area contributed by atoms with Gasteiger partial charge in [-0.25, -0.2) is 0 Å². The molecule has 5 heteroatoms. The highest BCUT2D eigenvalue weighted by molar-refractivity contribution is 7.62. The molecular weight excluding hydrogens is 453 g/mol. The summed E-state index contributed by atoms with van der Waals surface area (Å²) < 4.78 is 26.7. The van der Waals surface area contributed by atoms with E-state index in [2.05, 4.69) is 77.4 Å². The first kappa shape index (κ1) is 22.1. The van der Waals surface area contributed by atoms with E-state index in [9.17, 15) is 4.57 Å². The molecule has 0 aliphatic carbocycles. The zero-order valence-corrected chi connectivity index (χ0v) is 20.7. The normalized spacial score (nSPS) is 12.3. The number of hydrogen-bond acceptors (Lipinski definition) is 3. The van der Waals surface area contributed by atoms with Crippen molar-refractivity contribution in [1.29, 1.82) is 0 Å². The predicted octanol–water partition coefficient (Wildman–Crippen LogP) is 7.98. The Labute approximate surface area is 204 Å². The smallest absolute Gasteiger partial charge is 0.309 e. The largest absolute Gasteiger partial charge is 0.361 e. The van der Waals surface area contributed by atoms with Crippen molar-refractivity contribution in [2.45, 2.75) is 13.8 Å². The van der Waals surface area contributed by atoms with Crippen molar-refractivity contribution in [3.63, 3.8) is 0 Å². The van der Waals surface area contributed by atoms with E-state index in [-0.39, 0.29) is 0 Å². The van der Waals surface area contributed by atoms with Gasteiger partial charge in [0.05, 0.1) is 29.6 Å². The Hall–Kier alpha value is -3.43. The SMILES string of the molecule is CCOP(=O)(OCC)c1ccc(-n2c3ccc4ccccc4c3c3c4ccccc4ccc32)cc1. The summed E-state index contributed by atoms with van der Waals surface area (Å²) in [6, 6.07) is 33.6. The minimum absolute atomic E-state index is 0.325. The summed E-state index contributed by atoms with van der Waals surface area (Å²) in [5.41, 5.74) is 3.28. The van der Waals surface area contributed by atoms with Gasteiger partial charge in [0.25, 0.3) is 0 Å². The first-order chi connectivity index (χ1) is 17.1. The van der Waals surface area contributed by atoms with Crippen molar-refractivity contribution in [2.24, 2.45) is 0 Å². The molecule has 0 radical (unpaired) electrons. The van der Waals surface area contributed by atoms with Gasteiger partial charge in [0, 0.05) is 16.5 Å². The molecule has 0 saturated heterocycles. The number of fused-ring (bicyclic) bond motifs is 7. The van der Waals surface area contributed by atoms with Crippen LogP contribution in [0.25, 0.3) is 49.0 Å². The van der Waals surface area contributed by atoms with Crippen LogP contribution in [0.4, 0.5) is 0 Å². The Morgan fingerprint density at radius 3 is 1.60 bits per heavy atom. The van der Waals surface area contributed by atoms with Gasteiger partial charge in [-0.1, -0.05) is 60.7 Å². The Morgan fingerprint density at radius 1 is 0.629 bits per heavy atom. The van der Waals surface area contributed by atoms with E-state index in [0.717, 1.165) is 16.7 Å². The molecule has 0 bridgehead atoms. The highest BCUT2D eigenvalue weighted by Crippen LogP contribution is 2.47. The molecule has 6 aromatic rings. The van der Waals surface area contributed by atoms with Crippen molar-refractivity contribution in [2.75, 3.05) is 13.2 Å². The fraction of sp³-hybridized carbons (Fsp3) is 0.133. The molecule has 35 heavy (non-hydrogen) atoms. The second-order valence-corrected chi connectivity index (χ2v) is 10.6. The zero-order valence-electron chi connectivity index (χ0n) is 19.8. The van der Waals surface area contributed by atoms with Crippen molar-refractivity contribution in [3.05, 3.63) is 97.1 Å². The molecule has 0 aliphatic heterocycles. The van der Waals surface area contributed by atoms with Crippen LogP contribution in [0.2, 0.25) is 0 Å². The summed E-state index contributed by atoms with van der Waals surface area (Å²) in [7, 11) is -3.34. The maximum Gasteiger partial charge on any atom is 0.361 e. The summed E-state index contributed by atoms with van der Waals surface area (Å²) in [5, 5.41) is 7.97. The van der Waals surface area contributed by atoms with Crippen LogP contribution in [0.5, 0.6) is 0 Å². The minimum Gasteiger partial charge on any atom is -0.309 e. The van der Waals surface area contributed by atoms with E-state index >= 15 is 0 Å². The third-order valence-corrected chi connectivity index (χ3v) is 8.69. The van der Waals surface area contributed by atoms with Crippen molar-refractivity contribution >= 4 is 56.3 Å². The van der Waals surface area contributed by atoms with E-state index < -0.39 is 7.60 Å². The van der Waals surface area contributed by atoms with Crippen LogP contribution >= 0.6 is 7.60 Å². The Balaban J connectivity index is 1.66. The molecule has 174 valence electrons. The lowest BCUT2D eigenvalue weighted by molar-refractivity contribution is 0.230. The van der Waals surface area contributed by atoms with Gasteiger partial charge in [0.2, 0.25) is 0 Å². The van der Waals surface area contributed by atoms with Crippen LogP contribution in [0.15, 0.2) is 97.1 Å². The van der Waals surface area contributed by atoms with Crippen molar-refractivity contribution in [3.8, 4) is 5.69 Å². The fourth-order valence-electron chi connectivity index (χ4n) is 5.14. The average Bonchev–Trinajstić information content (AvgIpc) is 3.24. The Bertz CT molecular complexity index is 1650. The van der Waals surface area contributed by atoms with Crippen molar-refractivity contribution < 1.29 is 13.6 Å². The third-order valence-electron chi connectivity index (χ3n) is 6.57. The van der Waals surface area contributed by atoms with Gasteiger partial charge >= 0.3 is 7.60 Å². The third kappa shape index (κ3) is 3.49. The first-order valence-corrected chi connectivity index (χ1v) is 13.5. The maximum atomic E-state index is 13.3. The summed E-state index contributed by atoms with van der Waals surface area (Å²) in [6.45, 7) is 4.30. The molecule has 0 aliphatic rings. The lowest BCUT2D eigenvalue weighted by Gasteiger charge is -2.17. The first-order valence-electron chi connectivity index (χ1n) is 12.0. The van der Waals surface area contributed by atoms with Gasteiger partial charge in [-0.3, -0.25) is 4.57 Å². The second kappa shape index (κ2) is 8.66. The molecule has 0 N–H and O–H groups in total. The van der Waals surface area contributed by atoms with Crippen molar-refractivity contribution in [1.82, 2.24) is 4.57 Å². The topological polar surface area (TPSA) is 40.5 Å². The molecule has 5 aromatic carbocycles. The summed E-state index contributed by atoms with van der Waals surface area (Å²) >= 11 is 0. The molecule has 0 unspecified atom stereocenters. The van der Waals surface area contributed by atoms with Gasteiger partial charge in [0.15, 0.2) is 0 Å². The average molecular weight is 480 g/mol. The Kier molecular flexibility index (Phi) is 5.46. The Morgan fingerprint density at radius 2 is 1.11 bits per heavy atom. The van der Waals surface area contributed by atoms with E-state index in [4.69, 9.17) is 9.05 Å². The standard InChI is InChI=1S/C30H26NO3P/c1-3-33-35(32,34-4-2)24-17-15-23(16-18-24)31-27-19-13-21-9-5-7-11-25(21)29(27)30-26-12-8-6-10-22(26)14-20-28(30)31/h5-20H,3-4H2,1-2H3. The maximum absolute atomic E-state index is 13.3. The lowest BCUT2D eigenvalue weighted by atomic mass is 10.00. The monoisotopic (exact) mass is 479 g/mol. The molecular formula is C30H26NO3P. The quantitative estimate of drug-likeness (QED) is 0.227. The summed E-state index contributed by atoms with van der Waals surface area (Å²) in [4.78, 5) is 0. The highest BCUT2D eigenvalue weighted by atomic mass is 31.2. The van der Waals surface area contributed by atoms with Crippen LogP contribution in [0, 0.1) is 0 Å². The van der Waals surface area contributed by atoms with Gasteiger partial charge in [-0.05, 0) is 71.8 Å². The number of nitrogens with zero attached hydrogens (tertiary/aromatic N) is 1. The molecule has 6 rings (SSSR count). The number of benzene rings is 5. The molecule has 0 saturated carbocycles. The fourth-order valence-corrected chi connectivity index (χ4v) is 6.70. The van der Waals surface area contributed by atoms with Crippen LogP contribution in [0.3, 0.4) is 0 Å². The van der Waals surface area contributed by atoms with E-state index in [1.165, 1.54) is 32.3 Å². The van der Waals surface area contributed by atoms with Crippen LogP contribution in [0.1, 0.15) is 13.8 Å². The van der Waals surface area contributed by atoms with E-state index in [1.807, 2.05) is 38.1 Å². The molecule has 0 atom stereocenters. The molecule has 0 spiro atoms. The van der Waals surface area contributed by atoms with Crippen LogP contribution in [-0.4, -0.2) is 17.8 Å². The van der Waals surface area contributed by atoms with Gasteiger partial charge < -0.3 is 13.6 Å². The molecule has 1 aromatic heterocycles. The summed E-state index contributed by atoms with van der Waals surface area (Å²) in [6.07, 6.45) is 0. The molecule has 1 heterocycles. The van der Waals surface area contributed by atoms with Crippen LogP contribution < -0.4 is 5.30 Å². The summed E-state index contributed by atoms with van der Waals surface area (Å²) in [5.74, 6) is 0. The van der Waals surface area contributed by atoms with E-state index in [0.29, 0.717) is 18.5 Å². The number of hydrogen-bond donors (Lipinski definition) is 0. The molecule has 0 fully saturated rings. The molecule has 0 amide bonds. The van der Waals surface area contributed by atoms with Gasteiger partial charge in [0.1, 0.15) is 0 Å². The number of rotatable bonds is 6. The minimum atomic E-state index is -3.34. The predicted molar refractivity (Wildman–Crippen MR) is 146 cm³/mol. The zero-order chi connectivity index (χ0) is 24.0. The van der Waals surface area contributed by atoms with Gasteiger partial charge in [-0.15, -0.1) is 0 Å². The highest BCUT2D eigenvalue weighted by Gasteiger charge is 2.26. The lowest BCUT2D eigenvalue weighted by Crippen LogP contribution is -2.11.